The van der Waals surface area contributed by atoms with Gasteiger partial charge in [0.2, 0.25) is 5.91 Å². The maximum absolute atomic E-state index is 12.5. The third kappa shape index (κ3) is 5.90. The molecule has 1 saturated heterocycles. The van der Waals surface area contributed by atoms with Gasteiger partial charge in [0.25, 0.3) is 5.91 Å². The zero-order chi connectivity index (χ0) is 21.3. The van der Waals surface area contributed by atoms with Gasteiger partial charge in [0.1, 0.15) is 6.04 Å². The van der Waals surface area contributed by atoms with Crippen molar-refractivity contribution in [2.45, 2.75) is 12.5 Å². The minimum absolute atomic E-state index is 0.00770. The van der Waals surface area contributed by atoms with E-state index in [4.69, 9.17) is 4.74 Å². The van der Waals surface area contributed by atoms with Crippen LogP contribution < -0.4 is 5.32 Å². The second kappa shape index (κ2) is 10.5. The predicted octanol–water partition coefficient (Wildman–Crippen LogP) is 1.34. The topological polar surface area (TPSA) is 79.0 Å². The summed E-state index contributed by atoms with van der Waals surface area (Å²) in [5.74, 6) is -0.692. The van der Waals surface area contributed by atoms with E-state index in [9.17, 15) is 14.4 Å². The molecule has 30 heavy (non-hydrogen) atoms. The van der Waals surface area contributed by atoms with E-state index in [1.54, 1.807) is 4.90 Å². The number of hydrogen-bond donors (Lipinski definition) is 1. The SMILES string of the molecule is COC(=O)[C@@H](Cc1ccccc1)NC(=O)CN1CCN(C(=O)c2ccccc2)CC1. The monoisotopic (exact) mass is 409 g/mol. The number of nitrogens with zero attached hydrogens (tertiary/aromatic N) is 2. The van der Waals surface area contributed by atoms with Crippen molar-refractivity contribution >= 4 is 17.8 Å². The van der Waals surface area contributed by atoms with Crippen LogP contribution in [-0.4, -0.2) is 73.5 Å². The number of rotatable bonds is 7. The third-order valence-corrected chi connectivity index (χ3v) is 5.15. The number of nitrogens with one attached hydrogen (secondary N) is 1. The molecule has 1 N–H and O–H groups in total. The Bertz CT molecular complexity index is 849. The minimum Gasteiger partial charge on any atom is -0.467 e. The molecular formula is C23H27N3O4. The number of esters is 1. The van der Waals surface area contributed by atoms with Crippen LogP contribution in [0, 0.1) is 0 Å². The molecule has 2 aromatic rings. The molecule has 0 aliphatic carbocycles. The van der Waals surface area contributed by atoms with Crippen molar-refractivity contribution in [3.05, 3.63) is 71.8 Å². The largest absolute Gasteiger partial charge is 0.467 e. The Morgan fingerprint density at radius 1 is 0.933 bits per heavy atom. The second-order valence-electron chi connectivity index (χ2n) is 7.27. The summed E-state index contributed by atoms with van der Waals surface area (Å²) in [6, 6.07) is 18.0. The highest BCUT2D eigenvalue weighted by atomic mass is 16.5. The highest BCUT2D eigenvalue weighted by Gasteiger charge is 2.26. The Labute approximate surface area is 176 Å². The Morgan fingerprint density at radius 2 is 1.53 bits per heavy atom. The van der Waals surface area contributed by atoms with Crippen molar-refractivity contribution in [3.63, 3.8) is 0 Å². The normalized spacial score (nSPS) is 15.3. The Morgan fingerprint density at radius 3 is 2.13 bits per heavy atom. The van der Waals surface area contributed by atoms with Gasteiger partial charge in [-0.15, -0.1) is 0 Å². The first-order valence-electron chi connectivity index (χ1n) is 10.0. The van der Waals surface area contributed by atoms with E-state index in [1.807, 2.05) is 65.6 Å². The first-order valence-corrected chi connectivity index (χ1v) is 10.0. The van der Waals surface area contributed by atoms with Gasteiger partial charge in [0, 0.05) is 38.2 Å². The van der Waals surface area contributed by atoms with E-state index in [0.29, 0.717) is 38.2 Å². The molecule has 1 fully saturated rings. The average molecular weight is 409 g/mol. The summed E-state index contributed by atoms with van der Waals surface area (Å²) in [5, 5.41) is 2.79. The summed E-state index contributed by atoms with van der Waals surface area (Å²) in [5.41, 5.74) is 1.62. The van der Waals surface area contributed by atoms with E-state index in [-0.39, 0.29) is 18.4 Å². The number of carbonyl (C=O) groups is 3. The highest BCUT2D eigenvalue weighted by molar-refractivity contribution is 5.94. The van der Waals surface area contributed by atoms with E-state index in [0.717, 1.165) is 5.56 Å². The van der Waals surface area contributed by atoms with Gasteiger partial charge in [-0.2, -0.15) is 0 Å². The molecule has 3 rings (SSSR count). The second-order valence-corrected chi connectivity index (χ2v) is 7.27. The van der Waals surface area contributed by atoms with Crippen LogP contribution in [-0.2, 0) is 20.7 Å². The van der Waals surface area contributed by atoms with Crippen molar-refractivity contribution in [1.82, 2.24) is 15.1 Å². The van der Waals surface area contributed by atoms with Crippen LogP contribution in [0.1, 0.15) is 15.9 Å². The zero-order valence-electron chi connectivity index (χ0n) is 17.1. The highest BCUT2D eigenvalue weighted by Crippen LogP contribution is 2.09. The molecule has 7 heteroatoms. The molecule has 158 valence electrons. The molecule has 0 radical (unpaired) electrons. The van der Waals surface area contributed by atoms with Gasteiger partial charge in [-0.05, 0) is 17.7 Å². The fourth-order valence-corrected chi connectivity index (χ4v) is 3.50. The van der Waals surface area contributed by atoms with Crippen molar-refractivity contribution < 1.29 is 19.1 Å². The van der Waals surface area contributed by atoms with Crippen molar-refractivity contribution in [3.8, 4) is 0 Å². The fourth-order valence-electron chi connectivity index (χ4n) is 3.50. The smallest absolute Gasteiger partial charge is 0.328 e. The van der Waals surface area contributed by atoms with Crippen molar-refractivity contribution in [2.75, 3.05) is 39.8 Å². The molecule has 1 aliphatic rings. The van der Waals surface area contributed by atoms with Gasteiger partial charge >= 0.3 is 5.97 Å². The Hall–Kier alpha value is -3.19. The van der Waals surface area contributed by atoms with Crippen molar-refractivity contribution in [1.29, 1.82) is 0 Å². The van der Waals surface area contributed by atoms with Gasteiger partial charge in [-0.1, -0.05) is 48.5 Å². The lowest BCUT2D eigenvalue weighted by Gasteiger charge is -2.34. The first kappa shape index (κ1) is 21.5. The van der Waals surface area contributed by atoms with E-state index in [1.165, 1.54) is 7.11 Å². The summed E-state index contributed by atoms with van der Waals surface area (Å²) in [7, 11) is 1.31. The van der Waals surface area contributed by atoms with Crippen LogP contribution in [0.25, 0.3) is 0 Å². The first-order chi connectivity index (χ1) is 14.6. The number of benzene rings is 2. The minimum atomic E-state index is -0.731. The molecule has 0 unspecified atom stereocenters. The Balaban J connectivity index is 1.49. The lowest BCUT2D eigenvalue weighted by atomic mass is 10.1. The molecule has 2 amide bonds. The van der Waals surface area contributed by atoms with Gasteiger partial charge < -0.3 is 15.0 Å². The lowest BCUT2D eigenvalue weighted by Crippen LogP contribution is -2.53. The quantitative estimate of drug-likeness (QED) is 0.699. The van der Waals surface area contributed by atoms with Gasteiger partial charge in [-0.3, -0.25) is 14.5 Å². The maximum Gasteiger partial charge on any atom is 0.328 e. The summed E-state index contributed by atoms with van der Waals surface area (Å²) < 4.78 is 4.85. The number of ether oxygens (including phenoxy) is 1. The summed E-state index contributed by atoms with van der Waals surface area (Å²) in [4.78, 5) is 41.0. The molecule has 2 aromatic carbocycles. The third-order valence-electron chi connectivity index (χ3n) is 5.15. The molecule has 0 aromatic heterocycles. The van der Waals surface area contributed by atoms with Gasteiger partial charge in [0.15, 0.2) is 0 Å². The molecular weight excluding hydrogens is 382 g/mol. The van der Waals surface area contributed by atoms with Crippen LogP contribution in [0.5, 0.6) is 0 Å². The summed E-state index contributed by atoms with van der Waals surface area (Å²) >= 11 is 0. The number of hydrogen-bond acceptors (Lipinski definition) is 5. The molecule has 7 nitrogen and oxygen atoms in total. The van der Waals surface area contributed by atoms with Crippen LogP contribution in [0.3, 0.4) is 0 Å². The summed E-state index contributed by atoms with van der Waals surface area (Å²) in [6.45, 7) is 2.51. The summed E-state index contributed by atoms with van der Waals surface area (Å²) in [6.07, 6.45) is 0.374. The van der Waals surface area contributed by atoms with Gasteiger partial charge in [-0.25, -0.2) is 4.79 Å². The average Bonchev–Trinajstić information content (AvgIpc) is 2.79. The van der Waals surface area contributed by atoms with Crippen LogP contribution in [0.15, 0.2) is 60.7 Å². The van der Waals surface area contributed by atoms with Crippen molar-refractivity contribution in [2.24, 2.45) is 0 Å². The van der Waals surface area contributed by atoms with Crippen LogP contribution >= 0.6 is 0 Å². The number of carbonyl (C=O) groups excluding carboxylic acids is 3. The molecule has 0 bridgehead atoms. The number of methoxy groups -OCH3 is 1. The molecule has 1 atom stereocenters. The molecule has 1 aliphatic heterocycles. The van der Waals surface area contributed by atoms with Gasteiger partial charge in [0.05, 0.1) is 13.7 Å². The number of amides is 2. The van der Waals surface area contributed by atoms with E-state index >= 15 is 0 Å². The maximum atomic E-state index is 12.5. The zero-order valence-corrected chi connectivity index (χ0v) is 17.1. The van der Waals surface area contributed by atoms with Crippen LogP contribution in [0.2, 0.25) is 0 Å². The molecule has 0 spiro atoms. The standard InChI is InChI=1S/C23H27N3O4/c1-30-23(29)20(16-18-8-4-2-5-9-18)24-21(27)17-25-12-14-26(15-13-25)22(28)19-10-6-3-7-11-19/h2-11,20H,12-17H2,1H3,(H,24,27)/t20-/m1/s1. The van der Waals surface area contributed by atoms with Crippen LogP contribution in [0.4, 0.5) is 0 Å². The lowest BCUT2D eigenvalue weighted by molar-refractivity contribution is -0.145. The Kier molecular flexibility index (Phi) is 7.57. The predicted molar refractivity (Wildman–Crippen MR) is 113 cm³/mol. The van der Waals surface area contributed by atoms with E-state index in [2.05, 4.69) is 5.32 Å². The molecule has 0 saturated carbocycles. The fraction of sp³-hybridized carbons (Fsp3) is 0.348. The van der Waals surface area contributed by atoms with E-state index < -0.39 is 12.0 Å². The number of piperazine rings is 1. The molecule has 1 heterocycles.